The number of phenolic OH excluding ortho intramolecular Hbond substituents is 1. The van der Waals surface area contributed by atoms with Crippen molar-refractivity contribution in [3.05, 3.63) is 47.5 Å². The Balaban J connectivity index is 1.75. The van der Waals surface area contributed by atoms with Crippen LogP contribution in [0, 0.1) is 5.92 Å². The van der Waals surface area contributed by atoms with Crippen LogP contribution in [0.4, 0.5) is 5.69 Å². The number of aliphatic hydroxyl groups excluding tert-OH is 1. The Labute approximate surface area is 183 Å². The molecule has 158 valence electrons. The van der Waals surface area contributed by atoms with Crippen LogP contribution in [-0.2, 0) is 16.4 Å². The number of nitrogens with one attached hydrogen (secondary N) is 1. The molecule has 30 heavy (non-hydrogen) atoms. The van der Waals surface area contributed by atoms with Gasteiger partial charge in [0, 0.05) is 17.7 Å². The highest BCUT2D eigenvalue weighted by molar-refractivity contribution is 8.01. The van der Waals surface area contributed by atoms with E-state index in [0.29, 0.717) is 22.6 Å². The number of benzene rings is 2. The fourth-order valence-corrected chi connectivity index (χ4v) is 6.63. The summed E-state index contributed by atoms with van der Waals surface area (Å²) in [6, 6.07) is 9.49. The number of allylic oxidation sites excluding steroid dienone is 1. The zero-order valence-electron chi connectivity index (χ0n) is 16.3. The average Bonchev–Trinajstić information content (AvgIpc) is 3.12. The molecule has 0 saturated heterocycles. The average molecular weight is 463 g/mol. The summed E-state index contributed by atoms with van der Waals surface area (Å²) in [7, 11) is -3.61. The minimum Gasteiger partial charge on any atom is -0.506 e. The molecular weight excluding hydrogens is 440 g/mol. The Hall–Kier alpha value is -2.07. The smallest absolute Gasteiger partial charge is 0.232 e. The molecule has 1 aromatic heterocycles. The van der Waals surface area contributed by atoms with Crippen molar-refractivity contribution in [2.75, 3.05) is 17.1 Å². The number of thiazole rings is 1. The molecule has 2 aromatic carbocycles. The van der Waals surface area contributed by atoms with Crippen LogP contribution in [0.15, 0.2) is 45.6 Å². The molecule has 3 aromatic rings. The topological polar surface area (TPSA) is 99.5 Å². The summed E-state index contributed by atoms with van der Waals surface area (Å²) in [5.41, 5.74) is 2.75. The summed E-state index contributed by atoms with van der Waals surface area (Å²) in [5.74, 6) is 0.244. The van der Waals surface area contributed by atoms with Gasteiger partial charge >= 0.3 is 0 Å². The summed E-state index contributed by atoms with van der Waals surface area (Å²) in [6.45, 7) is 1.86. The Bertz CT molecular complexity index is 1190. The molecule has 6 nitrogen and oxygen atoms in total. The maximum Gasteiger partial charge on any atom is 0.232 e. The normalized spacial score (nSPS) is 16.0. The maximum atomic E-state index is 12.5. The van der Waals surface area contributed by atoms with Gasteiger partial charge in [-0.1, -0.05) is 43.0 Å². The van der Waals surface area contributed by atoms with E-state index >= 15 is 0 Å². The molecule has 1 aliphatic rings. The molecule has 4 rings (SSSR count). The standard InChI is InChI=1S/C21H22N2O4S3/c1-13-7-8-14-15(11-13)20(25)19(12-17(14)23-30(26,27)10-4-9-24)29-21-22-16-5-2-3-6-18(16)28-21/h2-3,5-8,12-13,23-25H,4,9-11H2,1H3. The highest BCUT2D eigenvalue weighted by atomic mass is 32.2. The van der Waals surface area contributed by atoms with Crippen LogP contribution in [0.25, 0.3) is 16.3 Å². The number of anilines is 1. The predicted molar refractivity (Wildman–Crippen MR) is 123 cm³/mol. The molecule has 0 amide bonds. The predicted octanol–water partition coefficient (Wildman–Crippen LogP) is 4.48. The van der Waals surface area contributed by atoms with E-state index in [1.807, 2.05) is 36.4 Å². The van der Waals surface area contributed by atoms with Crippen LogP contribution in [0.5, 0.6) is 5.75 Å². The van der Waals surface area contributed by atoms with Gasteiger partial charge in [0.2, 0.25) is 10.0 Å². The van der Waals surface area contributed by atoms with Crippen LogP contribution in [-0.4, -0.2) is 36.0 Å². The number of phenols is 1. The van der Waals surface area contributed by atoms with Gasteiger partial charge in [-0.15, -0.1) is 11.3 Å². The van der Waals surface area contributed by atoms with Crippen LogP contribution >= 0.6 is 23.1 Å². The van der Waals surface area contributed by atoms with Crippen molar-refractivity contribution in [3.8, 4) is 5.75 Å². The molecule has 1 aliphatic carbocycles. The molecule has 0 spiro atoms. The summed E-state index contributed by atoms with van der Waals surface area (Å²) in [5, 5.41) is 19.9. The van der Waals surface area contributed by atoms with Gasteiger partial charge in [-0.25, -0.2) is 13.4 Å². The summed E-state index contributed by atoms with van der Waals surface area (Å²) in [4.78, 5) is 5.18. The van der Waals surface area contributed by atoms with Crippen LogP contribution in [0.1, 0.15) is 24.5 Å². The first-order valence-electron chi connectivity index (χ1n) is 9.58. The zero-order valence-corrected chi connectivity index (χ0v) is 18.8. The molecular formula is C21H22N2O4S3. The Morgan fingerprint density at radius 1 is 1.33 bits per heavy atom. The van der Waals surface area contributed by atoms with Crippen molar-refractivity contribution in [1.82, 2.24) is 4.98 Å². The number of aromatic nitrogens is 1. The number of para-hydroxylation sites is 1. The quantitative estimate of drug-likeness (QED) is 0.448. The molecule has 0 saturated carbocycles. The molecule has 1 atom stereocenters. The highest BCUT2D eigenvalue weighted by Gasteiger charge is 2.24. The molecule has 0 aliphatic heterocycles. The van der Waals surface area contributed by atoms with E-state index in [0.717, 1.165) is 20.1 Å². The molecule has 3 N–H and O–H groups in total. The largest absolute Gasteiger partial charge is 0.506 e. The van der Waals surface area contributed by atoms with Gasteiger partial charge in [-0.05, 0) is 37.0 Å². The van der Waals surface area contributed by atoms with Gasteiger partial charge in [0.15, 0.2) is 4.34 Å². The molecule has 0 bridgehead atoms. The van der Waals surface area contributed by atoms with Gasteiger partial charge in [0.1, 0.15) is 5.75 Å². The van der Waals surface area contributed by atoms with Crippen molar-refractivity contribution in [3.63, 3.8) is 0 Å². The highest BCUT2D eigenvalue weighted by Crippen LogP contribution is 2.45. The molecule has 0 radical (unpaired) electrons. The second-order valence-electron chi connectivity index (χ2n) is 7.25. The number of hydrogen-bond acceptors (Lipinski definition) is 7. The maximum absolute atomic E-state index is 12.5. The van der Waals surface area contributed by atoms with Gasteiger partial charge in [-0.2, -0.15) is 0 Å². The third kappa shape index (κ3) is 4.49. The van der Waals surface area contributed by atoms with E-state index in [1.54, 1.807) is 6.07 Å². The molecule has 1 heterocycles. The van der Waals surface area contributed by atoms with E-state index < -0.39 is 10.0 Å². The molecule has 9 heteroatoms. The monoisotopic (exact) mass is 462 g/mol. The van der Waals surface area contributed by atoms with Crippen molar-refractivity contribution in [1.29, 1.82) is 0 Å². The lowest BCUT2D eigenvalue weighted by Gasteiger charge is -2.22. The van der Waals surface area contributed by atoms with Gasteiger partial charge in [0.25, 0.3) is 0 Å². The lowest BCUT2D eigenvalue weighted by molar-refractivity contribution is 0.295. The SMILES string of the molecule is CC1C=Cc2c(NS(=O)(=O)CCCO)cc(Sc3nc4ccccc4s3)c(O)c2C1. The van der Waals surface area contributed by atoms with E-state index in [-0.39, 0.29) is 30.4 Å². The number of rotatable bonds is 7. The van der Waals surface area contributed by atoms with Crippen LogP contribution < -0.4 is 4.72 Å². The van der Waals surface area contributed by atoms with E-state index in [2.05, 4.69) is 16.6 Å². The fourth-order valence-electron chi connectivity index (χ4n) is 3.39. The minimum atomic E-state index is -3.61. The Morgan fingerprint density at radius 3 is 2.90 bits per heavy atom. The second-order valence-corrected chi connectivity index (χ2v) is 11.4. The lowest BCUT2D eigenvalue weighted by atomic mass is 9.89. The van der Waals surface area contributed by atoms with E-state index in [4.69, 9.17) is 5.11 Å². The van der Waals surface area contributed by atoms with Crippen molar-refractivity contribution in [2.24, 2.45) is 5.92 Å². The Morgan fingerprint density at radius 2 is 2.13 bits per heavy atom. The molecule has 1 unspecified atom stereocenters. The van der Waals surface area contributed by atoms with Gasteiger partial charge < -0.3 is 10.2 Å². The molecule has 0 fully saturated rings. The number of aliphatic hydroxyl groups is 1. The van der Waals surface area contributed by atoms with E-state index in [9.17, 15) is 13.5 Å². The number of hydrogen-bond donors (Lipinski definition) is 3. The fraction of sp³-hybridized carbons (Fsp3) is 0.286. The first kappa shape index (κ1) is 21.2. The third-order valence-electron chi connectivity index (χ3n) is 4.84. The van der Waals surface area contributed by atoms with E-state index in [1.165, 1.54) is 23.1 Å². The first-order chi connectivity index (χ1) is 14.4. The minimum absolute atomic E-state index is 0.162. The number of sulfonamides is 1. The number of aromatic hydroxyl groups is 1. The summed E-state index contributed by atoms with van der Waals surface area (Å²) < 4.78 is 29.4. The van der Waals surface area contributed by atoms with Crippen molar-refractivity contribution < 1.29 is 18.6 Å². The van der Waals surface area contributed by atoms with Crippen molar-refractivity contribution >= 4 is 55.1 Å². The third-order valence-corrected chi connectivity index (χ3v) is 8.32. The number of nitrogens with zero attached hydrogens (tertiary/aromatic N) is 1. The van der Waals surface area contributed by atoms with Crippen LogP contribution in [0.2, 0.25) is 0 Å². The lowest BCUT2D eigenvalue weighted by Crippen LogP contribution is -2.19. The zero-order chi connectivity index (χ0) is 21.3. The van der Waals surface area contributed by atoms with Gasteiger partial charge in [0.05, 0.1) is 26.6 Å². The summed E-state index contributed by atoms with van der Waals surface area (Å²) in [6.07, 6.45) is 4.65. The van der Waals surface area contributed by atoms with Crippen LogP contribution in [0.3, 0.4) is 0 Å². The number of fused-ring (bicyclic) bond motifs is 2. The summed E-state index contributed by atoms with van der Waals surface area (Å²) >= 11 is 2.86. The van der Waals surface area contributed by atoms with Gasteiger partial charge in [-0.3, -0.25) is 4.72 Å². The first-order valence-corrected chi connectivity index (χ1v) is 12.9. The van der Waals surface area contributed by atoms with Crippen molar-refractivity contribution in [2.45, 2.75) is 29.0 Å². The second kappa shape index (κ2) is 8.58. The Kier molecular flexibility index (Phi) is 6.06.